The van der Waals surface area contributed by atoms with E-state index < -0.39 is 0 Å². The van der Waals surface area contributed by atoms with Gasteiger partial charge in [0, 0.05) is 6.42 Å². The Balaban J connectivity index is 1.92. The van der Waals surface area contributed by atoms with Crippen LogP contribution in [-0.2, 0) is 19.4 Å². The Morgan fingerprint density at radius 3 is 2.74 bits per heavy atom. The number of ether oxygens (including phenoxy) is 1. The molecule has 1 aromatic heterocycles. The maximum atomic E-state index is 9.24. The Kier molecular flexibility index (Phi) is 4.93. The Morgan fingerprint density at radius 2 is 2.11 bits per heavy atom. The minimum atomic E-state index is 0.0828. The van der Waals surface area contributed by atoms with Gasteiger partial charge in [0.05, 0.1) is 28.8 Å². The highest BCUT2D eigenvalue weighted by Crippen LogP contribution is 2.21. The second kappa shape index (κ2) is 6.68. The molecule has 0 bridgehead atoms. The summed E-state index contributed by atoms with van der Waals surface area (Å²) in [4.78, 5) is 5.51. The van der Waals surface area contributed by atoms with Gasteiger partial charge in [-0.2, -0.15) is 0 Å². The zero-order valence-electron chi connectivity index (χ0n) is 11.3. The smallest absolute Gasteiger partial charge is 0.122 e. The van der Waals surface area contributed by atoms with E-state index >= 15 is 0 Å². The molecule has 0 amide bonds. The molecular weight excluding hydrogens is 258 g/mol. The highest BCUT2D eigenvalue weighted by atomic mass is 32.1. The van der Waals surface area contributed by atoms with Gasteiger partial charge in [0.1, 0.15) is 5.75 Å². The van der Waals surface area contributed by atoms with Gasteiger partial charge in [-0.1, -0.05) is 25.1 Å². The largest absolute Gasteiger partial charge is 0.493 e. The van der Waals surface area contributed by atoms with Gasteiger partial charge in [0.25, 0.3) is 0 Å². The van der Waals surface area contributed by atoms with Gasteiger partial charge in [-0.3, -0.25) is 0 Å². The second-order valence-corrected chi connectivity index (χ2v) is 5.52. The number of nitrogens with zero attached hydrogens (tertiary/aromatic N) is 1. The van der Waals surface area contributed by atoms with Crippen molar-refractivity contribution in [1.29, 1.82) is 0 Å². The third-order valence-corrected chi connectivity index (χ3v) is 4.11. The van der Waals surface area contributed by atoms with Gasteiger partial charge in [-0.05, 0) is 25.0 Å². The van der Waals surface area contributed by atoms with Crippen molar-refractivity contribution in [2.75, 3.05) is 6.61 Å². The van der Waals surface area contributed by atoms with Crippen LogP contribution in [-0.4, -0.2) is 16.7 Å². The van der Waals surface area contributed by atoms with Gasteiger partial charge >= 0.3 is 0 Å². The van der Waals surface area contributed by atoms with E-state index in [0.717, 1.165) is 39.7 Å². The van der Waals surface area contributed by atoms with Crippen LogP contribution < -0.4 is 4.74 Å². The molecule has 3 nitrogen and oxygen atoms in total. The minimum Gasteiger partial charge on any atom is -0.493 e. The SMILES string of the molecule is CCc1nc(CCOc2ccccc2C)sc1CO. The van der Waals surface area contributed by atoms with Crippen molar-refractivity contribution in [3.05, 3.63) is 45.4 Å². The summed E-state index contributed by atoms with van der Waals surface area (Å²) < 4.78 is 5.76. The molecule has 1 N–H and O–H groups in total. The van der Waals surface area contributed by atoms with E-state index in [-0.39, 0.29) is 6.61 Å². The minimum absolute atomic E-state index is 0.0828. The summed E-state index contributed by atoms with van der Waals surface area (Å²) in [6.07, 6.45) is 1.65. The monoisotopic (exact) mass is 277 g/mol. The summed E-state index contributed by atoms with van der Waals surface area (Å²) in [5, 5.41) is 10.3. The molecule has 0 fully saturated rings. The van der Waals surface area contributed by atoms with E-state index in [9.17, 15) is 5.11 Å². The van der Waals surface area contributed by atoms with Gasteiger partial charge in [-0.15, -0.1) is 11.3 Å². The molecule has 4 heteroatoms. The van der Waals surface area contributed by atoms with E-state index in [1.54, 1.807) is 11.3 Å². The van der Waals surface area contributed by atoms with Crippen LogP contribution in [0.4, 0.5) is 0 Å². The summed E-state index contributed by atoms with van der Waals surface area (Å²) in [5.41, 5.74) is 2.16. The zero-order chi connectivity index (χ0) is 13.7. The van der Waals surface area contributed by atoms with Crippen molar-refractivity contribution in [2.45, 2.75) is 33.3 Å². The number of para-hydroxylation sites is 1. The molecule has 0 radical (unpaired) electrons. The number of rotatable bonds is 6. The Hall–Kier alpha value is -1.39. The maximum Gasteiger partial charge on any atom is 0.122 e. The van der Waals surface area contributed by atoms with Crippen LogP contribution >= 0.6 is 11.3 Å². The second-order valence-electron chi connectivity index (χ2n) is 4.35. The van der Waals surface area contributed by atoms with Crippen LogP contribution in [0.5, 0.6) is 5.75 Å². The van der Waals surface area contributed by atoms with Crippen molar-refractivity contribution >= 4 is 11.3 Å². The molecule has 102 valence electrons. The number of aliphatic hydroxyl groups is 1. The standard InChI is InChI=1S/C15H19NO2S/c1-3-12-14(10-17)19-15(16-12)8-9-18-13-7-5-4-6-11(13)2/h4-7,17H,3,8-10H2,1-2H3. The lowest BCUT2D eigenvalue weighted by Gasteiger charge is -2.07. The number of aliphatic hydroxyl groups excluding tert-OH is 1. The molecule has 1 aromatic carbocycles. The number of benzene rings is 1. The summed E-state index contributed by atoms with van der Waals surface area (Å²) in [6, 6.07) is 8.00. The third kappa shape index (κ3) is 3.55. The van der Waals surface area contributed by atoms with Crippen LogP contribution in [0, 0.1) is 6.92 Å². The summed E-state index contributed by atoms with van der Waals surface area (Å²) in [7, 11) is 0. The van der Waals surface area contributed by atoms with E-state index in [0.29, 0.717) is 6.61 Å². The number of thiazole rings is 1. The quantitative estimate of drug-likeness (QED) is 0.882. The molecule has 0 aliphatic carbocycles. The maximum absolute atomic E-state index is 9.24. The molecule has 0 aliphatic heterocycles. The first-order chi connectivity index (χ1) is 9.24. The van der Waals surface area contributed by atoms with Crippen LogP contribution in [0.25, 0.3) is 0 Å². The lowest BCUT2D eigenvalue weighted by molar-refractivity contribution is 0.284. The average molecular weight is 277 g/mol. The van der Waals surface area contributed by atoms with Crippen molar-refractivity contribution in [3.8, 4) is 5.75 Å². The van der Waals surface area contributed by atoms with Crippen molar-refractivity contribution in [1.82, 2.24) is 4.98 Å². The first-order valence-electron chi connectivity index (χ1n) is 6.51. The van der Waals surface area contributed by atoms with Crippen LogP contribution in [0.15, 0.2) is 24.3 Å². The van der Waals surface area contributed by atoms with E-state index in [1.165, 1.54) is 0 Å². The topological polar surface area (TPSA) is 42.4 Å². The lowest BCUT2D eigenvalue weighted by Crippen LogP contribution is -2.02. The molecule has 0 unspecified atom stereocenters. The predicted molar refractivity (Wildman–Crippen MR) is 77.8 cm³/mol. The summed E-state index contributed by atoms with van der Waals surface area (Å²) >= 11 is 1.58. The molecule has 1 heterocycles. The Labute approximate surface area is 117 Å². The molecule has 0 aliphatic rings. The van der Waals surface area contributed by atoms with Gasteiger partial charge in [0.2, 0.25) is 0 Å². The third-order valence-electron chi connectivity index (χ3n) is 2.97. The number of hydrogen-bond donors (Lipinski definition) is 1. The molecule has 19 heavy (non-hydrogen) atoms. The lowest BCUT2D eigenvalue weighted by atomic mass is 10.2. The Bertz CT molecular complexity index is 515. The van der Waals surface area contributed by atoms with Crippen molar-refractivity contribution in [3.63, 3.8) is 0 Å². The van der Waals surface area contributed by atoms with Crippen molar-refractivity contribution in [2.24, 2.45) is 0 Å². The molecule has 2 rings (SSSR count). The summed E-state index contributed by atoms with van der Waals surface area (Å²) in [6.45, 7) is 4.80. The van der Waals surface area contributed by atoms with Crippen LogP contribution in [0.1, 0.15) is 28.1 Å². The molecular formula is C15H19NO2S. The first-order valence-corrected chi connectivity index (χ1v) is 7.33. The fourth-order valence-corrected chi connectivity index (χ4v) is 2.91. The van der Waals surface area contributed by atoms with Crippen LogP contribution in [0.3, 0.4) is 0 Å². The van der Waals surface area contributed by atoms with Gasteiger partial charge in [-0.25, -0.2) is 4.98 Å². The normalized spacial score (nSPS) is 10.7. The van der Waals surface area contributed by atoms with Gasteiger partial charge < -0.3 is 9.84 Å². The molecule has 0 atom stereocenters. The zero-order valence-corrected chi connectivity index (χ0v) is 12.2. The number of hydrogen-bond acceptors (Lipinski definition) is 4. The van der Waals surface area contributed by atoms with Crippen molar-refractivity contribution < 1.29 is 9.84 Å². The molecule has 2 aromatic rings. The van der Waals surface area contributed by atoms with E-state index in [4.69, 9.17) is 4.74 Å². The first kappa shape index (κ1) is 14.0. The molecule has 0 saturated heterocycles. The fraction of sp³-hybridized carbons (Fsp3) is 0.400. The predicted octanol–water partition coefficient (Wildman–Crippen LogP) is 3.13. The van der Waals surface area contributed by atoms with E-state index in [2.05, 4.69) is 11.9 Å². The number of aryl methyl sites for hydroxylation is 2. The van der Waals surface area contributed by atoms with E-state index in [1.807, 2.05) is 31.2 Å². The fourth-order valence-electron chi connectivity index (χ4n) is 1.91. The van der Waals surface area contributed by atoms with Crippen LogP contribution in [0.2, 0.25) is 0 Å². The number of aromatic nitrogens is 1. The average Bonchev–Trinajstić information content (AvgIpc) is 2.83. The molecule has 0 saturated carbocycles. The highest BCUT2D eigenvalue weighted by molar-refractivity contribution is 7.11. The summed E-state index contributed by atoms with van der Waals surface area (Å²) in [5.74, 6) is 0.928. The Morgan fingerprint density at radius 1 is 1.32 bits per heavy atom. The highest BCUT2D eigenvalue weighted by Gasteiger charge is 2.09. The van der Waals surface area contributed by atoms with Gasteiger partial charge in [0.15, 0.2) is 0 Å². The molecule has 0 spiro atoms.